The van der Waals surface area contributed by atoms with Crippen LogP contribution in [0.3, 0.4) is 0 Å². The van der Waals surface area contributed by atoms with Crippen molar-refractivity contribution in [3.63, 3.8) is 0 Å². The largest absolute Gasteiger partial charge is 0.469 e. The predicted octanol–water partition coefficient (Wildman–Crippen LogP) is 0.605. The quantitative estimate of drug-likeness (QED) is 0.0451. The first-order valence-corrected chi connectivity index (χ1v) is 22.6. The number of likely N-dealkylation sites (tertiary alicyclic amines) is 1. The van der Waals surface area contributed by atoms with E-state index in [2.05, 4.69) is 42.9 Å². The number of benzene rings is 1. The fourth-order valence-electron chi connectivity index (χ4n) is 7.09. The first-order chi connectivity index (χ1) is 29.3. The first-order valence-electron chi connectivity index (χ1n) is 21.1. The maximum absolute atomic E-state index is 14.2. The lowest BCUT2D eigenvalue weighted by Gasteiger charge is -2.29. The molecule has 1 saturated heterocycles. The molecular weight excluding hydrogens is 827 g/mol. The van der Waals surface area contributed by atoms with Crippen LogP contribution in [0.4, 0.5) is 0 Å². The summed E-state index contributed by atoms with van der Waals surface area (Å²) in [4.78, 5) is 105. The molecule has 1 aromatic heterocycles. The van der Waals surface area contributed by atoms with Crippen LogP contribution in [-0.2, 0) is 62.0 Å². The van der Waals surface area contributed by atoms with E-state index in [1.54, 1.807) is 6.33 Å². The average molecular weight is 893 g/mol. The molecule has 20 nitrogen and oxygen atoms in total. The molecule has 0 bridgehead atoms. The highest BCUT2D eigenvalue weighted by atomic mass is 31.2. The molecule has 62 heavy (non-hydrogen) atoms. The number of aliphatic hydroxyl groups excluding tert-OH is 1. The minimum atomic E-state index is -5.12. The molecule has 0 aliphatic carbocycles. The summed E-state index contributed by atoms with van der Waals surface area (Å²) in [5, 5.41) is 20.3. The third-order valence-corrected chi connectivity index (χ3v) is 10.8. The Morgan fingerprint density at radius 2 is 1.56 bits per heavy atom. The van der Waals surface area contributed by atoms with E-state index in [0.717, 1.165) is 32.6 Å². The average Bonchev–Trinajstić information content (AvgIpc) is 3.87. The van der Waals surface area contributed by atoms with E-state index < -0.39 is 80.3 Å². The topological polar surface area (TPSA) is 294 Å². The van der Waals surface area contributed by atoms with Crippen molar-refractivity contribution in [2.24, 2.45) is 11.7 Å². The standard InChI is InChI=1S/C41H65N8O12P/c1-26(2)21-31(45-41(56)34-16-12-19-49(34)35(51)17-20-60-27(3)4)38(53)44-32(22-30-23-43-25-48(30)18-11-7-10-15-29-13-8-6-9-14-29)39(54)46-33(24-50)40(55)47-36(37(42)52)28(5)61-62(57,58)59/h6,8-9,13-14,23,25-28,31-34,36,50H,7,10-12,15-22,24H2,1-5H3,(H2,42,52)(H,44,53)(H,45,56)(H,46,54)(H,47,55)(H2,57,58,59)/t28-,31+,32+,33+,34+,36+/m1/s1. The lowest BCUT2D eigenvalue weighted by atomic mass is 10.0. The van der Waals surface area contributed by atoms with Crippen molar-refractivity contribution in [2.45, 2.75) is 141 Å². The third kappa shape index (κ3) is 17.6. The van der Waals surface area contributed by atoms with Crippen molar-refractivity contribution in [2.75, 3.05) is 19.8 Å². The van der Waals surface area contributed by atoms with Crippen molar-refractivity contribution in [3.05, 3.63) is 54.1 Å². The van der Waals surface area contributed by atoms with Crippen LogP contribution in [0.2, 0.25) is 0 Å². The Kier molecular flexibility index (Phi) is 21.2. The number of hydrogen-bond donors (Lipinski definition) is 8. The van der Waals surface area contributed by atoms with Gasteiger partial charge in [-0.15, -0.1) is 0 Å². The molecule has 0 saturated carbocycles. The Morgan fingerprint density at radius 1 is 0.903 bits per heavy atom. The van der Waals surface area contributed by atoms with Crippen LogP contribution in [0.15, 0.2) is 42.9 Å². The Morgan fingerprint density at radius 3 is 2.19 bits per heavy atom. The van der Waals surface area contributed by atoms with Crippen LogP contribution in [0.5, 0.6) is 0 Å². The summed E-state index contributed by atoms with van der Waals surface area (Å²) in [7, 11) is -5.12. The maximum atomic E-state index is 14.2. The molecule has 346 valence electrons. The first kappa shape index (κ1) is 51.6. The number of carbonyl (C=O) groups is 6. The van der Waals surface area contributed by atoms with E-state index in [1.807, 2.05) is 50.5 Å². The van der Waals surface area contributed by atoms with Gasteiger partial charge in [-0.3, -0.25) is 33.3 Å². The van der Waals surface area contributed by atoms with E-state index in [0.29, 0.717) is 31.6 Å². The fourth-order valence-corrected chi connectivity index (χ4v) is 7.65. The molecule has 0 radical (unpaired) electrons. The fraction of sp³-hybridized carbons (Fsp3) is 0.634. The minimum Gasteiger partial charge on any atom is -0.394 e. The van der Waals surface area contributed by atoms with Crippen LogP contribution in [0.25, 0.3) is 0 Å². The van der Waals surface area contributed by atoms with Gasteiger partial charge in [0.25, 0.3) is 0 Å². The summed E-state index contributed by atoms with van der Waals surface area (Å²) in [6.07, 6.45) is 6.12. The SMILES string of the molecule is CC(C)C[C@H](NC(=O)[C@@H]1CCCN1C(=O)CCOC(C)C)C(=O)N[C@@H](Cc1cncn1CCCCCc1ccccc1)C(=O)N[C@@H](CO)C(=O)N[C@H](C(N)=O)[C@@H](C)OP(=O)(O)O. The number of aromatic nitrogens is 2. The van der Waals surface area contributed by atoms with Gasteiger partial charge in [-0.05, 0) is 70.8 Å². The highest BCUT2D eigenvalue weighted by Crippen LogP contribution is 2.38. The van der Waals surface area contributed by atoms with Crippen LogP contribution in [-0.4, -0.2) is 127 Å². The van der Waals surface area contributed by atoms with Gasteiger partial charge in [-0.25, -0.2) is 9.55 Å². The van der Waals surface area contributed by atoms with Gasteiger partial charge in [0, 0.05) is 31.4 Å². The second-order valence-electron chi connectivity index (χ2n) is 16.2. The third-order valence-electron chi connectivity index (χ3n) is 10.2. The maximum Gasteiger partial charge on any atom is 0.469 e. The summed E-state index contributed by atoms with van der Waals surface area (Å²) in [6, 6.07) is 3.23. The number of ether oxygens (including phenoxy) is 1. The Balaban J connectivity index is 1.83. The molecule has 2 heterocycles. The molecule has 1 fully saturated rings. The Hall–Kier alpha value is -4.72. The van der Waals surface area contributed by atoms with Gasteiger partial charge in [0.1, 0.15) is 30.2 Å². The predicted molar refractivity (Wildman–Crippen MR) is 226 cm³/mol. The zero-order valence-electron chi connectivity index (χ0n) is 36.2. The lowest BCUT2D eigenvalue weighted by molar-refractivity contribution is -0.140. The second kappa shape index (κ2) is 25.4. The van der Waals surface area contributed by atoms with Crippen molar-refractivity contribution in [3.8, 4) is 0 Å². The molecule has 9 N–H and O–H groups in total. The van der Waals surface area contributed by atoms with E-state index in [1.165, 1.54) is 16.7 Å². The van der Waals surface area contributed by atoms with Crippen molar-refractivity contribution in [1.29, 1.82) is 0 Å². The number of aryl methyl sites for hydroxylation is 2. The normalized spacial score (nSPS) is 16.6. The highest BCUT2D eigenvalue weighted by molar-refractivity contribution is 7.46. The van der Waals surface area contributed by atoms with E-state index >= 15 is 0 Å². The van der Waals surface area contributed by atoms with Crippen molar-refractivity contribution in [1.82, 2.24) is 35.7 Å². The number of imidazole rings is 1. The van der Waals surface area contributed by atoms with Gasteiger partial charge in [0.05, 0.1) is 38.2 Å². The molecule has 6 amide bonds. The Labute approximate surface area is 362 Å². The van der Waals surface area contributed by atoms with Gasteiger partial charge in [-0.1, -0.05) is 50.6 Å². The van der Waals surface area contributed by atoms with Gasteiger partial charge in [-0.2, -0.15) is 0 Å². The molecule has 21 heteroatoms. The molecule has 3 rings (SSSR count). The number of carbonyl (C=O) groups excluding carboxylic acids is 6. The number of nitrogens with zero attached hydrogens (tertiary/aromatic N) is 3. The molecule has 0 unspecified atom stereocenters. The summed E-state index contributed by atoms with van der Waals surface area (Å²) < 4.78 is 23.3. The number of phosphoric ester groups is 1. The number of aliphatic hydroxyl groups is 1. The number of unbranched alkanes of at least 4 members (excludes halogenated alkanes) is 2. The molecule has 1 aliphatic heterocycles. The van der Waals surface area contributed by atoms with Crippen LogP contribution in [0.1, 0.15) is 90.8 Å². The zero-order valence-corrected chi connectivity index (χ0v) is 37.1. The number of hydrogen-bond acceptors (Lipinski definition) is 11. The van der Waals surface area contributed by atoms with Gasteiger partial charge < -0.3 is 56.1 Å². The number of nitrogens with one attached hydrogen (secondary N) is 4. The number of rotatable bonds is 27. The number of primary amides is 1. The van der Waals surface area contributed by atoms with E-state index in [4.69, 9.17) is 10.5 Å². The van der Waals surface area contributed by atoms with Crippen molar-refractivity contribution >= 4 is 43.3 Å². The lowest BCUT2D eigenvalue weighted by Crippen LogP contribution is -2.61. The molecule has 0 spiro atoms. The summed E-state index contributed by atoms with van der Waals surface area (Å²) >= 11 is 0. The summed E-state index contributed by atoms with van der Waals surface area (Å²) in [6.45, 7) is 8.62. The summed E-state index contributed by atoms with van der Waals surface area (Å²) in [5.74, 6) is -4.88. The molecule has 1 aromatic carbocycles. The number of nitrogens with two attached hydrogens (primary N) is 1. The molecular formula is C41H65N8O12P. The van der Waals surface area contributed by atoms with Gasteiger partial charge >= 0.3 is 7.82 Å². The Bertz CT molecular complexity index is 1820. The van der Waals surface area contributed by atoms with Gasteiger partial charge in [0.15, 0.2) is 0 Å². The minimum absolute atomic E-state index is 0.0648. The van der Waals surface area contributed by atoms with Crippen LogP contribution >= 0.6 is 7.82 Å². The summed E-state index contributed by atoms with van der Waals surface area (Å²) in [5.41, 5.74) is 7.15. The zero-order chi connectivity index (χ0) is 46.0. The second-order valence-corrected chi connectivity index (χ2v) is 17.4. The molecule has 6 atom stereocenters. The van der Waals surface area contributed by atoms with Crippen LogP contribution < -0.4 is 27.0 Å². The molecule has 2 aromatic rings. The van der Waals surface area contributed by atoms with Gasteiger partial charge in [0.2, 0.25) is 35.4 Å². The number of amides is 6. The molecule has 1 aliphatic rings. The van der Waals surface area contributed by atoms with Crippen LogP contribution in [0, 0.1) is 5.92 Å². The highest BCUT2D eigenvalue weighted by Gasteiger charge is 2.38. The van der Waals surface area contributed by atoms with E-state index in [9.17, 15) is 48.2 Å². The van der Waals surface area contributed by atoms with Crippen molar-refractivity contribution < 1.29 is 57.5 Å². The monoisotopic (exact) mass is 892 g/mol. The smallest absolute Gasteiger partial charge is 0.394 e. The van der Waals surface area contributed by atoms with E-state index in [-0.39, 0.29) is 43.8 Å². The number of phosphoric acid groups is 1.